The first-order valence-electron chi connectivity index (χ1n) is 1.80. The van der Waals surface area contributed by atoms with Crippen LogP contribution in [0.25, 0.3) is 0 Å². The van der Waals surface area contributed by atoms with Crippen LogP contribution in [0.1, 0.15) is 0 Å². The second-order valence-corrected chi connectivity index (χ2v) is 2.28. The summed E-state index contributed by atoms with van der Waals surface area (Å²) >= 11 is 0. The van der Waals surface area contributed by atoms with Gasteiger partial charge in [-0.05, 0) is 0 Å². The molecule has 1 unspecified atom stereocenters. The van der Waals surface area contributed by atoms with Gasteiger partial charge in [0, 0.05) is 6.54 Å². The molecule has 1 rings (SSSR count). The maximum Gasteiger partial charge on any atom is 0.258 e. The molecule has 1 fully saturated rings. The maximum atomic E-state index is 10.1. The molecule has 0 radical (unpaired) electrons. The third-order valence-electron chi connectivity index (χ3n) is 0.605. The minimum absolute atomic E-state index is 0.609. The van der Waals surface area contributed by atoms with Gasteiger partial charge in [-0.1, -0.05) is 0 Å². The minimum Gasteiger partial charge on any atom is -0.318 e. The van der Waals surface area contributed by atoms with Gasteiger partial charge in [-0.3, -0.25) is 4.57 Å². The van der Waals surface area contributed by atoms with Gasteiger partial charge in [-0.25, -0.2) is 5.09 Å². The van der Waals surface area contributed by atoms with Gasteiger partial charge in [-0.2, -0.15) is 0 Å². The SMILES string of the molecule is O=[PH]1NCCO1. The normalized spacial score (nSPS) is 34.3. The van der Waals surface area contributed by atoms with E-state index in [2.05, 4.69) is 9.61 Å². The summed E-state index contributed by atoms with van der Waals surface area (Å²) in [5.41, 5.74) is 0. The van der Waals surface area contributed by atoms with Crippen molar-refractivity contribution in [3.05, 3.63) is 0 Å². The molecule has 1 aliphatic rings. The van der Waals surface area contributed by atoms with Crippen molar-refractivity contribution >= 4 is 8.18 Å². The number of rotatable bonds is 0. The lowest BCUT2D eigenvalue weighted by atomic mass is 10.8. The van der Waals surface area contributed by atoms with Crippen LogP contribution in [-0.4, -0.2) is 13.2 Å². The van der Waals surface area contributed by atoms with Gasteiger partial charge in [-0.15, -0.1) is 0 Å². The number of hydrogen-bond donors (Lipinski definition) is 1. The Morgan fingerprint density at radius 3 is 2.83 bits per heavy atom. The van der Waals surface area contributed by atoms with Gasteiger partial charge in [0.15, 0.2) is 0 Å². The summed E-state index contributed by atoms with van der Waals surface area (Å²) in [6.07, 6.45) is 0. The largest absolute Gasteiger partial charge is 0.318 e. The van der Waals surface area contributed by atoms with Crippen LogP contribution >= 0.6 is 8.18 Å². The van der Waals surface area contributed by atoms with Crippen LogP contribution in [-0.2, 0) is 9.09 Å². The fourth-order valence-corrected chi connectivity index (χ4v) is 1.04. The fourth-order valence-electron chi connectivity index (χ4n) is 0.348. The Bertz CT molecular complexity index is 65.9. The van der Waals surface area contributed by atoms with Crippen molar-refractivity contribution in [3.63, 3.8) is 0 Å². The predicted octanol–water partition coefficient (Wildman–Crippen LogP) is -0.00410. The van der Waals surface area contributed by atoms with Gasteiger partial charge in [0.25, 0.3) is 8.18 Å². The lowest BCUT2D eigenvalue weighted by Crippen LogP contribution is -1.96. The van der Waals surface area contributed by atoms with Crippen molar-refractivity contribution < 1.29 is 9.09 Å². The monoisotopic (exact) mass is 107 g/mol. The smallest absolute Gasteiger partial charge is 0.258 e. The van der Waals surface area contributed by atoms with E-state index in [-0.39, 0.29) is 0 Å². The molecular formula is C2H6NO2P. The lowest BCUT2D eigenvalue weighted by molar-refractivity contribution is 0.374. The molecule has 1 aliphatic heterocycles. The van der Waals surface area contributed by atoms with E-state index in [9.17, 15) is 4.57 Å². The highest BCUT2D eigenvalue weighted by molar-refractivity contribution is 7.37. The van der Waals surface area contributed by atoms with Crippen LogP contribution in [0.4, 0.5) is 0 Å². The molecule has 0 aromatic heterocycles. The lowest BCUT2D eigenvalue weighted by Gasteiger charge is -1.79. The Morgan fingerprint density at radius 1 is 1.83 bits per heavy atom. The van der Waals surface area contributed by atoms with E-state index in [1.807, 2.05) is 0 Å². The molecule has 0 aliphatic carbocycles. The van der Waals surface area contributed by atoms with Crippen LogP contribution in [0.5, 0.6) is 0 Å². The molecule has 4 heteroatoms. The highest BCUT2D eigenvalue weighted by atomic mass is 31.1. The molecule has 0 aromatic rings. The summed E-state index contributed by atoms with van der Waals surface area (Å²) in [5.74, 6) is 0. The second kappa shape index (κ2) is 1.73. The van der Waals surface area contributed by atoms with Gasteiger partial charge < -0.3 is 4.52 Å². The quantitative estimate of drug-likeness (QED) is 0.442. The molecule has 3 nitrogen and oxygen atoms in total. The zero-order valence-electron chi connectivity index (χ0n) is 3.23. The molecule has 1 atom stereocenters. The third-order valence-corrected chi connectivity index (χ3v) is 1.61. The van der Waals surface area contributed by atoms with Crippen molar-refractivity contribution in [1.29, 1.82) is 0 Å². The van der Waals surface area contributed by atoms with Gasteiger partial charge in [0.05, 0.1) is 6.61 Å². The average molecular weight is 107 g/mol. The molecular weight excluding hydrogens is 101 g/mol. The molecule has 1 saturated heterocycles. The molecule has 0 bridgehead atoms. The Kier molecular flexibility index (Phi) is 1.25. The van der Waals surface area contributed by atoms with Crippen LogP contribution < -0.4 is 5.09 Å². The summed E-state index contributed by atoms with van der Waals surface area (Å²) in [6.45, 7) is 1.36. The Labute approximate surface area is 36.6 Å². The molecule has 0 aromatic carbocycles. The highest BCUT2D eigenvalue weighted by Crippen LogP contribution is 2.19. The van der Waals surface area contributed by atoms with Crippen LogP contribution in [0.15, 0.2) is 0 Å². The average Bonchev–Trinajstić information content (AvgIpc) is 1.86. The first kappa shape index (κ1) is 4.31. The van der Waals surface area contributed by atoms with E-state index < -0.39 is 8.18 Å². The first-order valence-corrected chi connectivity index (χ1v) is 3.12. The van der Waals surface area contributed by atoms with Gasteiger partial charge in [0.2, 0.25) is 0 Å². The summed E-state index contributed by atoms with van der Waals surface area (Å²) in [4.78, 5) is 0. The van der Waals surface area contributed by atoms with Gasteiger partial charge in [0.1, 0.15) is 0 Å². The molecule has 0 saturated carbocycles. The first-order chi connectivity index (χ1) is 2.89. The molecule has 0 spiro atoms. The zero-order valence-corrected chi connectivity index (χ0v) is 4.23. The molecule has 1 heterocycles. The minimum atomic E-state index is -1.76. The summed E-state index contributed by atoms with van der Waals surface area (Å²) in [6, 6.07) is 0. The van der Waals surface area contributed by atoms with E-state index in [1.54, 1.807) is 0 Å². The van der Waals surface area contributed by atoms with E-state index in [0.717, 1.165) is 6.54 Å². The van der Waals surface area contributed by atoms with Crippen LogP contribution in [0.3, 0.4) is 0 Å². The second-order valence-electron chi connectivity index (χ2n) is 1.06. The van der Waals surface area contributed by atoms with Crippen molar-refractivity contribution in [3.8, 4) is 0 Å². The fraction of sp³-hybridized carbons (Fsp3) is 1.00. The Balaban J connectivity index is 2.37. The Hall–Kier alpha value is 0.150. The molecule has 36 valence electrons. The Morgan fingerprint density at radius 2 is 2.67 bits per heavy atom. The third kappa shape index (κ3) is 0.805. The summed E-state index contributed by atoms with van der Waals surface area (Å²) in [7, 11) is -1.76. The van der Waals surface area contributed by atoms with Crippen LogP contribution in [0.2, 0.25) is 0 Å². The molecule has 1 N–H and O–H groups in total. The van der Waals surface area contributed by atoms with E-state index in [1.165, 1.54) is 0 Å². The van der Waals surface area contributed by atoms with Crippen molar-refractivity contribution in [2.24, 2.45) is 0 Å². The predicted molar refractivity (Wildman–Crippen MR) is 23.0 cm³/mol. The van der Waals surface area contributed by atoms with E-state index >= 15 is 0 Å². The van der Waals surface area contributed by atoms with Crippen LogP contribution in [0, 0.1) is 0 Å². The summed E-state index contributed by atoms with van der Waals surface area (Å²) in [5, 5.41) is 2.64. The molecule has 0 amide bonds. The standard InChI is InChI=1S/C2H6NO2P/c4-6-3-1-2-5-6/h6H,1-2H2,(H,3,4). The molecule has 6 heavy (non-hydrogen) atoms. The van der Waals surface area contributed by atoms with Crippen molar-refractivity contribution in [2.75, 3.05) is 13.2 Å². The van der Waals surface area contributed by atoms with Crippen molar-refractivity contribution in [1.82, 2.24) is 5.09 Å². The maximum absolute atomic E-state index is 10.1. The van der Waals surface area contributed by atoms with E-state index in [4.69, 9.17) is 0 Å². The van der Waals surface area contributed by atoms with Crippen molar-refractivity contribution in [2.45, 2.75) is 0 Å². The number of hydrogen-bond acceptors (Lipinski definition) is 2. The van der Waals surface area contributed by atoms with Gasteiger partial charge >= 0.3 is 0 Å². The topological polar surface area (TPSA) is 38.3 Å². The highest BCUT2D eigenvalue weighted by Gasteiger charge is 2.03. The summed E-state index contributed by atoms with van der Waals surface area (Å²) < 4.78 is 14.7. The zero-order chi connectivity index (χ0) is 4.41. The number of nitrogens with one attached hydrogen (secondary N) is 1. The van der Waals surface area contributed by atoms with E-state index in [0.29, 0.717) is 6.61 Å².